The van der Waals surface area contributed by atoms with Gasteiger partial charge in [0, 0.05) is 16.7 Å². The van der Waals surface area contributed by atoms with Crippen molar-refractivity contribution in [2.75, 3.05) is 5.32 Å². The predicted molar refractivity (Wildman–Crippen MR) is 89.0 cm³/mol. The zero-order chi connectivity index (χ0) is 15.4. The number of rotatable bonds is 5. The van der Waals surface area contributed by atoms with Crippen LogP contribution in [0.1, 0.15) is 41.3 Å². The van der Waals surface area contributed by atoms with Crippen molar-refractivity contribution in [1.29, 1.82) is 0 Å². The van der Waals surface area contributed by atoms with Gasteiger partial charge >= 0.3 is 5.97 Å². The average Bonchev–Trinajstić information content (AvgIpc) is 2.45. The number of anilines is 1. The molecule has 2 N–H and O–H groups in total. The minimum Gasteiger partial charge on any atom is -0.478 e. The first kappa shape index (κ1) is 15.6. The molecule has 0 aromatic heterocycles. The highest BCUT2D eigenvalue weighted by Gasteiger charge is 2.08. The van der Waals surface area contributed by atoms with Crippen LogP contribution in [0.2, 0.25) is 0 Å². The quantitative estimate of drug-likeness (QED) is 0.809. The smallest absolute Gasteiger partial charge is 0.336 e. The van der Waals surface area contributed by atoms with Crippen LogP contribution in [0, 0.1) is 0 Å². The second-order valence-electron chi connectivity index (χ2n) is 5.25. The minimum absolute atomic E-state index is 0.266. The highest BCUT2D eigenvalue weighted by Crippen LogP contribution is 2.22. The summed E-state index contributed by atoms with van der Waals surface area (Å²) in [4.78, 5) is 10.9. The molecule has 4 heteroatoms. The van der Waals surface area contributed by atoms with Crippen LogP contribution >= 0.6 is 15.9 Å². The number of hydrogen-bond acceptors (Lipinski definition) is 2. The first-order valence-corrected chi connectivity index (χ1v) is 7.62. The second-order valence-corrected chi connectivity index (χ2v) is 6.10. The third-order valence-electron chi connectivity index (χ3n) is 3.34. The minimum atomic E-state index is -0.933. The molecule has 0 atom stereocenters. The zero-order valence-electron chi connectivity index (χ0n) is 12.1. The standard InChI is InChI=1S/C17H18BrNO2/c1-11(2)13-5-3-12(4-6-13)10-19-14-7-8-15(17(20)21)16(18)9-14/h3-9,11,19H,10H2,1-2H3,(H,20,21). The molecule has 0 saturated carbocycles. The lowest BCUT2D eigenvalue weighted by atomic mass is 10.0. The molecule has 0 radical (unpaired) electrons. The van der Waals surface area contributed by atoms with E-state index in [1.54, 1.807) is 18.2 Å². The van der Waals surface area contributed by atoms with Gasteiger partial charge in [-0.3, -0.25) is 0 Å². The Morgan fingerprint density at radius 3 is 2.38 bits per heavy atom. The van der Waals surface area contributed by atoms with Crippen LogP contribution in [0.25, 0.3) is 0 Å². The van der Waals surface area contributed by atoms with Crippen molar-refractivity contribution in [3.8, 4) is 0 Å². The van der Waals surface area contributed by atoms with E-state index in [4.69, 9.17) is 5.11 Å². The molecular weight excluding hydrogens is 330 g/mol. The van der Waals surface area contributed by atoms with E-state index in [1.165, 1.54) is 11.1 Å². The summed E-state index contributed by atoms with van der Waals surface area (Å²) in [5.74, 6) is -0.399. The molecule has 0 bridgehead atoms. The molecule has 21 heavy (non-hydrogen) atoms. The van der Waals surface area contributed by atoms with Crippen LogP contribution in [-0.4, -0.2) is 11.1 Å². The van der Waals surface area contributed by atoms with Gasteiger partial charge in [-0.15, -0.1) is 0 Å². The molecule has 2 rings (SSSR count). The summed E-state index contributed by atoms with van der Waals surface area (Å²) in [6.07, 6.45) is 0. The van der Waals surface area contributed by atoms with Gasteiger partial charge in [-0.1, -0.05) is 38.1 Å². The third kappa shape index (κ3) is 4.08. The highest BCUT2D eigenvalue weighted by molar-refractivity contribution is 9.10. The van der Waals surface area contributed by atoms with Crippen LogP contribution < -0.4 is 5.32 Å². The lowest BCUT2D eigenvalue weighted by molar-refractivity contribution is 0.0696. The highest BCUT2D eigenvalue weighted by atomic mass is 79.9. The predicted octanol–water partition coefficient (Wildman–Crippen LogP) is 4.88. The van der Waals surface area contributed by atoms with Crippen molar-refractivity contribution >= 4 is 27.6 Å². The van der Waals surface area contributed by atoms with Crippen molar-refractivity contribution in [3.63, 3.8) is 0 Å². The van der Waals surface area contributed by atoms with Gasteiger partial charge in [0.1, 0.15) is 0 Å². The molecule has 0 aliphatic heterocycles. The van der Waals surface area contributed by atoms with Crippen LogP contribution in [0.5, 0.6) is 0 Å². The van der Waals surface area contributed by atoms with Crippen LogP contribution in [0.3, 0.4) is 0 Å². The van der Waals surface area contributed by atoms with E-state index < -0.39 is 5.97 Å². The maximum atomic E-state index is 10.9. The first-order valence-electron chi connectivity index (χ1n) is 6.83. The van der Waals surface area contributed by atoms with Crippen molar-refractivity contribution < 1.29 is 9.90 Å². The van der Waals surface area contributed by atoms with Gasteiger partial charge in [0.2, 0.25) is 0 Å². The van der Waals surface area contributed by atoms with Gasteiger partial charge in [-0.25, -0.2) is 4.79 Å². The number of benzene rings is 2. The fraction of sp³-hybridized carbons (Fsp3) is 0.235. The normalized spacial score (nSPS) is 10.7. The molecule has 0 fully saturated rings. The van der Waals surface area contributed by atoms with Crippen LogP contribution in [0.15, 0.2) is 46.9 Å². The largest absolute Gasteiger partial charge is 0.478 e. The molecular formula is C17H18BrNO2. The molecule has 0 heterocycles. The van der Waals surface area contributed by atoms with Gasteiger partial charge in [0.05, 0.1) is 5.56 Å². The fourth-order valence-corrected chi connectivity index (χ4v) is 2.57. The summed E-state index contributed by atoms with van der Waals surface area (Å²) in [5.41, 5.74) is 3.67. The Balaban J connectivity index is 2.03. The van der Waals surface area contributed by atoms with E-state index in [1.807, 2.05) is 0 Å². The number of halogens is 1. The van der Waals surface area contributed by atoms with Gasteiger partial charge in [0.25, 0.3) is 0 Å². The molecule has 0 spiro atoms. The van der Waals surface area contributed by atoms with Crippen molar-refractivity contribution in [1.82, 2.24) is 0 Å². The van der Waals surface area contributed by atoms with Crippen molar-refractivity contribution in [3.05, 3.63) is 63.6 Å². The second kappa shape index (κ2) is 6.76. The zero-order valence-corrected chi connectivity index (χ0v) is 13.6. The molecule has 0 unspecified atom stereocenters. The molecule has 0 aliphatic carbocycles. The number of carboxylic acids is 1. The summed E-state index contributed by atoms with van der Waals surface area (Å²) in [6, 6.07) is 13.7. The van der Waals surface area contributed by atoms with Gasteiger partial charge in [-0.05, 0) is 51.2 Å². The summed E-state index contributed by atoms with van der Waals surface area (Å²) in [6.45, 7) is 5.06. The van der Waals surface area contributed by atoms with Crippen LogP contribution in [0.4, 0.5) is 5.69 Å². The number of nitrogens with one attached hydrogen (secondary N) is 1. The maximum Gasteiger partial charge on any atom is 0.336 e. The summed E-state index contributed by atoms with van der Waals surface area (Å²) < 4.78 is 0.579. The van der Waals surface area contributed by atoms with Gasteiger partial charge in [0.15, 0.2) is 0 Å². The van der Waals surface area contributed by atoms with E-state index >= 15 is 0 Å². The number of carboxylic acid groups (broad SMARTS) is 1. The Kier molecular flexibility index (Phi) is 5.02. The first-order chi connectivity index (χ1) is 9.97. The topological polar surface area (TPSA) is 49.3 Å². The van der Waals surface area contributed by atoms with E-state index in [0.29, 0.717) is 16.9 Å². The Hall–Kier alpha value is -1.81. The molecule has 0 aliphatic rings. The van der Waals surface area contributed by atoms with Gasteiger partial charge in [-0.2, -0.15) is 0 Å². The summed E-state index contributed by atoms with van der Waals surface area (Å²) in [7, 11) is 0. The van der Waals surface area contributed by atoms with Gasteiger partial charge < -0.3 is 10.4 Å². The monoisotopic (exact) mass is 347 g/mol. The maximum absolute atomic E-state index is 10.9. The Morgan fingerprint density at radius 2 is 1.86 bits per heavy atom. The van der Waals surface area contributed by atoms with Crippen LogP contribution in [-0.2, 0) is 6.54 Å². The van der Waals surface area contributed by atoms with E-state index in [9.17, 15) is 4.79 Å². The average molecular weight is 348 g/mol. The van der Waals surface area contributed by atoms with Crippen molar-refractivity contribution in [2.45, 2.75) is 26.3 Å². The molecule has 3 nitrogen and oxygen atoms in total. The fourth-order valence-electron chi connectivity index (χ4n) is 2.02. The number of carbonyl (C=O) groups is 1. The lowest BCUT2D eigenvalue weighted by Crippen LogP contribution is -2.02. The van der Waals surface area contributed by atoms with E-state index in [2.05, 4.69) is 59.4 Å². The molecule has 110 valence electrons. The summed E-state index contributed by atoms with van der Waals surface area (Å²) in [5, 5.41) is 12.3. The van der Waals surface area contributed by atoms with Crippen molar-refractivity contribution in [2.24, 2.45) is 0 Å². The Morgan fingerprint density at radius 1 is 1.19 bits per heavy atom. The molecule has 0 amide bonds. The molecule has 2 aromatic carbocycles. The number of aromatic carboxylic acids is 1. The Bertz CT molecular complexity index is 636. The number of hydrogen-bond donors (Lipinski definition) is 2. The van der Waals surface area contributed by atoms with E-state index in [0.717, 1.165) is 5.69 Å². The SMILES string of the molecule is CC(C)c1ccc(CNc2ccc(C(=O)O)c(Br)c2)cc1. The molecule has 2 aromatic rings. The lowest BCUT2D eigenvalue weighted by Gasteiger charge is -2.10. The van der Waals surface area contributed by atoms with E-state index in [-0.39, 0.29) is 5.56 Å². The summed E-state index contributed by atoms with van der Waals surface area (Å²) >= 11 is 3.28. The third-order valence-corrected chi connectivity index (χ3v) is 4.00. The molecule has 0 saturated heterocycles. The Labute approximate surface area is 133 Å².